The average Bonchev–Trinajstić information content (AvgIpc) is 1.92. The van der Waals surface area contributed by atoms with Gasteiger partial charge in [-0.1, -0.05) is 0 Å². The van der Waals surface area contributed by atoms with Crippen LogP contribution in [0.15, 0.2) is 12.4 Å². The molecule has 0 amide bonds. The molecule has 0 fully saturated rings. The maximum absolute atomic E-state index is 12.0. The Labute approximate surface area is 65.6 Å². The number of hydrogen-bond donors (Lipinski definition) is 2. The molecule has 0 saturated heterocycles. The molecule has 0 atom stereocenters. The topological polar surface area (TPSA) is 59.1 Å². The Hall–Kier alpha value is -1.46. The van der Waals surface area contributed by atoms with E-state index in [0.29, 0.717) is 6.20 Å². The van der Waals surface area contributed by atoms with Crippen molar-refractivity contribution in [2.75, 3.05) is 5.73 Å². The number of aromatic nitrogens is 1. The number of nitrogen functional groups attached to an aromatic ring is 1. The third-order valence-corrected chi connectivity index (χ3v) is 1.27. The lowest BCUT2D eigenvalue weighted by Gasteiger charge is -2.09. The van der Waals surface area contributed by atoms with Gasteiger partial charge in [-0.05, 0) is 0 Å². The summed E-state index contributed by atoms with van der Waals surface area (Å²) in [4.78, 5) is 3.16. The van der Waals surface area contributed by atoms with Gasteiger partial charge in [0.1, 0.15) is 5.56 Å². The molecule has 66 valence electrons. The summed E-state index contributed by atoms with van der Waals surface area (Å²) in [5, 5.41) is 8.78. The molecule has 1 heterocycles. The summed E-state index contributed by atoms with van der Waals surface area (Å²) in [7, 11) is 0. The standard InChI is InChI=1S/C6H5F3N2O/c7-6(8,9)3-1-11-2-4(12)5(3)10/h1-2,12H,(H2,10,11). The number of alkyl halides is 3. The third kappa shape index (κ3) is 1.41. The van der Waals surface area contributed by atoms with Gasteiger partial charge >= 0.3 is 6.18 Å². The zero-order valence-corrected chi connectivity index (χ0v) is 5.76. The second kappa shape index (κ2) is 2.54. The predicted octanol–water partition coefficient (Wildman–Crippen LogP) is 1.39. The molecule has 6 heteroatoms. The minimum Gasteiger partial charge on any atom is -0.504 e. The molecule has 1 rings (SSSR count). The van der Waals surface area contributed by atoms with E-state index in [1.165, 1.54) is 0 Å². The fraction of sp³-hybridized carbons (Fsp3) is 0.167. The molecule has 1 aromatic rings. The molecule has 0 aliphatic heterocycles. The van der Waals surface area contributed by atoms with Crippen molar-refractivity contribution >= 4 is 5.69 Å². The molecule has 0 saturated carbocycles. The lowest BCUT2D eigenvalue weighted by atomic mass is 10.2. The van der Waals surface area contributed by atoms with Crippen LogP contribution in [0.25, 0.3) is 0 Å². The first kappa shape index (κ1) is 8.63. The fourth-order valence-corrected chi connectivity index (χ4v) is 0.685. The van der Waals surface area contributed by atoms with Crippen LogP contribution in [0, 0.1) is 0 Å². The van der Waals surface area contributed by atoms with E-state index in [4.69, 9.17) is 10.8 Å². The van der Waals surface area contributed by atoms with Crippen LogP contribution in [0.5, 0.6) is 5.75 Å². The van der Waals surface area contributed by atoms with Crippen molar-refractivity contribution in [2.45, 2.75) is 6.18 Å². The predicted molar refractivity (Wildman–Crippen MR) is 35.3 cm³/mol. The molecule has 1 aromatic heterocycles. The fourth-order valence-electron chi connectivity index (χ4n) is 0.685. The second-order valence-electron chi connectivity index (χ2n) is 2.12. The van der Waals surface area contributed by atoms with Gasteiger partial charge in [-0.3, -0.25) is 4.98 Å². The van der Waals surface area contributed by atoms with E-state index >= 15 is 0 Å². The van der Waals surface area contributed by atoms with Crippen LogP contribution in [0.3, 0.4) is 0 Å². The first-order chi connectivity index (χ1) is 5.43. The molecule has 0 radical (unpaired) electrons. The number of anilines is 1. The molecular formula is C6H5F3N2O. The second-order valence-corrected chi connectivity index (χ2v) is 2.12. The Balaban J connectivity index is 3.26. The minimum atomic E-state index is -4.57. The Morgan fingerprint density at radius 3 is 2.33 bits per heavy atom. The van der Waals surface area contributed by atoms with Gasteiger partial charge in [-0.15, -0.1) is 0 Å². The summed E-state index contributed by atoms with van der Waals surface area (Å²) in [6, 6.07) is 0. The molecule has 0 aliphatic carbocycles. The van der Waals surface area contributed by atoms with Crippen molar-refractivity contribution < 1.29 is 18.3 Å². The smallest absolute Gasteiger partial charge is 0.420 e. The highest BCUT2D eigenvalue weighted by molar-refractivity contribution is 5.56. The van der Waals surface area contributed by atoms with Crippen LogP contribution in [0.4, 0.5) is 18.9 Å². The highest BCUT2D eigenvalue weighted by Crippen LogP contribution is 2.36. The first-order valence-corrected chi connectivity index (χ1v) is 2.92. The molecule has 3 nitrogen and oxygen atoms in total. The largest absolute Gasteiger partial charge is 0.504 e. The van der Waals surface area contributed by atoms with Crippen LogP contribution in [-0.2, 0) is 6.18 Å². The lowest BCUT2D eigenvalue weighted by molar-refractivity contribution is -0.137. The first-order valence-electron chi connectivity index (χ1n) is 2.92. The van der Waals surface area contributed by atoms with Crippen molar-refractivity contribution in [1.29, 1.82) is 0 Å². The molecule has 12 heavy (non-hydrogen) atoms. The SMILES string of the molecule is Nc1c(O)cncc1C(F)(F)F. The van der Waals surface area contributed by atoms with Gasteiger partial charge in [0.05, 0.1) is 11.9 Å². The summed E-state index contributed by atoms with van der Waals surface area (Å²) in [5.74, 6) is -0.662. The van der Waals surface area contributed by atoms with Gasteiger partial charge in [-0.2, -0.15) is 13.2 Å². The monoisotopic (exact) mass is 178 g/mol. The zero-order valence-electron chi connectivity index (χ0n) is 5.76. The summed E-state index contributed by atoms with van der Waals surface area (Å²) < 4.78 is 36.0. The van der Waals surface area contributed by atoms with E-state index in [-0.39, 0.29) is 0 Å². The van der Waals surface area contributed by atoms with Crippen molar-refractivity contribution in [3.63, 3.8) is 0 Å². The van der Waals surface area contributed by atoms with Crippen molar-refractivity contribution in [2.24, 2.45) is 0 Å². The van der Waals surface area contributed by atoms with Gasteiger partial charge in [0.2, 0.25) is 0 Å². The molecule has 3 N–H and O–H groups in total. The molecule has 0 bridgehead atoms. The quantitative estimate of drug-likeness (QED) is 0.631. The number of pyridine rings is 1. The van der Waals surface area contributed by atoms with Crippen molar-refractivity contribution in [1.82, 2.24) is 4.98 Å². The lowest BCUT2D eigenvalue weighted by Crippen LogP contribution is -2.09. The van der Waals surface area contributed by atoms with E-state index in [0.717, 1.165) is 6.20 Å². The Morgan fingerprint density at radius 1 is 1.33 bits per heavy atom. The number of nitrogens with zero attached hydrogens (tertiary/aromatic N) is 1. The summed E-state index contributed by atoms with van der Waals surface area (Å²) in [5.41, 5.74) is 3.14. The average molecular weight is 178 g/mol. The van der Waals surface area contributed by atoms with Gasteiger partial charge < -0.3 is 10.8 Å². The molecule has 0 spiro atoms. The van der Waals surface area contributed by atoms with Gasteiger partial charge in [-0.25, -0.2) is 0 Å². The van der Waals surface area contributed by atoms with E-state index in [1.807, 2.05) is 0 Å². The van der Waals surface area contributed by atoms with Gasteiger partial charge in [0.15, 0.2) is 5.75 Å². The van der Waals surface area contributed by atoms with Gasteiger partial charge in [0, 0.05) is 6.20 Å². The Kier molecular flexibility index (Phi) is 1.83. The van der Waals surface area contributed by atoms with Crippen LogP contribution in [0.1, 0.15) is 5.56 Å². The van der Waals surface area contributed by atoms with Crippen LogP contribution in [0.2, 0.25) is 0 Å². The summed E-state index contributed by atoms with van der Waals surface area (Å²) in [6.07, 6.45) is -3.16. The summed E-state index contributed by atoms with van der Waals surface area (Å²) in [6.45, 7) is 0. The molecule has 0 unspecified atom stereocenters. The number of rotatable bonds is 0. The Morgan fingerprint density at radius 2 is 1.92 bits per heavy atom. The molecular weight excluding hydrogens is 173 g/mol. The van der Waals surface area contributed by atoms with Crippen LogP contribution in [-0.4, -0.2) is 10.1 Å². The van der Waals surface area contributed by atoms with E-state index in [1.54, 1.807) is 0 Å². The maximum atomic E-state index is 12.0. The number of nitrogens with two attached hydrogens (primary N) is 1. The minimum absolute atomic E-state index is 0.565. The highest BCUT2D eigenvalue weighted by atomic mass is 19.4. The van der Waals surface area contributed by atoms with Crippen LogP contribution < -0.4 is 5.73 Å². The Bertz CT molecular complexity index is 297. The normalized spacial score (nSPS) is 11.6. The van der Waals surface area contributed by atoms with E-state index in [2.05, 4.69) is 4.98 Å². The summed E-state index contributed by atoms with van der Waals surface area (Å²) >= 11 is 0. The van der Waals surface area contributed by atoms with Crippen molar-refractivity contribution in [3.8, 4) is 5.75 Å². The van der Waals surface area contributed by atoms with Crippen molar-refractivity contribution in [3.05, 3.63) is 18.0 Å². The molecule has 0 aliphatic rings. The highest BCUT2D eigenvalue weighted by Gasteiger charge is 2.34. The zero-order chi connectivity index (χ0) is 9.35. The maximum Gasteiger partial charge on any atom is 0.420 e. The number of halogens is 3. The van der Waals surface area contributed by atoms with Gasteiger partial charge in [0.25, 0.3) is 0 Å². The van der Waals surface area contributed by atoms with E-state index < -0.39 is 23.2 Å². The third-order valence-electron chi connectivity index (χ3n) is 1.27. The molecule has 0 aromatic carbocycles. The van der Waals surface area contributed by atoms with E-state index in [9.17, 15) is 13.2 Å². The number of aromatic hydroxyl groups is 1. The number of hydrogen-bond acceptors (Lipinski definition) is 3. The van der Waals surface area contributed by atoms with Crippen LogP contribution >= 0.6 is 0 Å².